The fraction of sp³-hybridized carbons (Fsp3) is 0.333. The predicted molar refractivity (Wildman–Crippen MR) is 178 cm³/mol. The summed E-state index contributed by atoms with van der Waals surface area (Å²) in [4.78, 5) is 16.6. The zero-order valence-electron chi connectivity index (χ0n) is 25.9. The molecule has 0 fully saturated rings. The van der Waals surface area contributed by atoms with Gasteiger partial charge in [-0.15, -0.1) is 24.8 Å². The molecule has 5 nitrogen and oxygen atoms in total. The van der Waals surface area contributed by atoms with E-state index in [2.05, 4.69) is 10.3 Å². The van der Waals surface area contributed by atoms with Crippen molar-refractivity contribution < 1.29 is 31.8 Å². The molecular formula is C36H38Cl2F4N2O3. The number of nitrogens with zero attached hydrogens (tertiary/aromatic N) is 1. The van der Waals surface area contributed by atoms with E-state index in [9.17, 15) is 22.4 Å². The third-order valence-corrected chi connectivity index (χ3v) is 7.98. The third kappa shape index (κ3) is 10.4. The van der Waals surface area contributed by atoms with Crippen LogP contribution in [-0.2, 0) is 43.2 Å². The molecule has 252 valence electrons. The number of nitrogens with one attached hydrogen (secondary N) is 1. The van der Waals surface area contributed by atoms with Gasteiger partial charge in [-0.25, -0.2) is 14.2 Å². The average molecular weight is 694 g/mol. The van der Waals surface area contributed by atoms with Gasteiger partial charge in [0.25, 0.3) is 0 Å². The third-order valence-electron chi connectivity index (χ3n) is 7.98. The molecule has 0 bridgehead atoms. The molecule has 1 aliphatic carbocycles. The molecule has 1 unspecified atom stereocenters. The molecule has 0 amide bonds. The van der Waals surface area contributed by atoms with Crippen LogP contribution in [0.1, 0.15) is 75.4 Å². The van der Waals surface area contributed by atoms with E-state index in [1.54, 1.807) is 19.1 Å². The van der Waals surface area contributed by atoms with Gasteiger partial charge in [0.2, 0.25) is 0 Å². The maximum Gasteiger partial charge on any atom is 0.416 e. The molecule has 1 aliphatic rings. The zero-order valence-corrected chi connectivity index (χ0v) is 27.6. The molecule has 1 aromatic heterocycles. The summed E-state index contributed by atoms with van der Waals surface area (Å²) in [6, 6.07) is 21.5. The standard InChI is InChI=1S/C36H36F4N2O3.2ClH/c1-2-44-35(43)33-18-17-30-31(4-3-5-32(30)42-33)41-21-20-27-22-29(37)16-19-34(27)45-23-26-10-8-24(9-11-26)6-7-25-12-14-28(15-13-25)36(38,39)40;;/h8-19,22,31,41H,2-7,20-21,23H2,1H3;2*1H. The summed E-state index contributed by atoms with van der Waals surface area (Å²) in [6.07, 6.45) is 0.279. The number of benzene rings is 3. The summed E-state index contributed by atoms with van der Waals surface area (Å²) in [5.41, 5.74) is 5.31. The Balaban J connectivity index is 0.00000300. The van der Waals surface area contributed by atoms with Crippen LogP contribution in [0.4, 0.5) is 17.6 Å². The average Bonchev–Trinajstić information content (AvgIpc) is 3.03. The Morgan fingerprint density at radius 2 is 1.55 bits per heavy atom. The number of pyridine rings is 1. The number of aryl methyl sites for hydroxylation is 3. The first-order valence-corrected chi connectivity index (χ1v) is 15.2. The van der Waals surface area contributed by atoms with Crippen molar-refractivity contribution in [3.05, 3.63) is 129 Å². The number of ether oxygens (including phenoxy) is 2. The van der Waals surface area contributed by atoms with E-state index in [1.165, 1.54) is 24.3 Å². The van der Waals surface area contributed by atoms with Gasteiger partial charge in [-0.3, -0.25) is 0 Å². The number of hydrogen-bond donors (Lipinski definition) is 1. The van der Waals surface area contributed by atoms with Gasteiger partial charge in [0.1, 0.15) is 23.9 Å². The minimum atomic E-state index is -4.33. The highest BCUT2D eigenvalue weighted by molar-refractivity contribution is 5.87. The lowest BCUT2D eigenvalue weighted by Crippen LogP contribution is -2.28. The van der Waals surface area contributed by atoms with Crippen LogP contribution in [0.2, 0.25) is 0 Å². The highest BCUT2D eigenvalue weighted by Crippen LogP contribution is 2.30. The monoisotopic (exact) mass is 692 g/mol. The summed E-state index contributed by atoms with van der Waals surface area (Å²) in [7, 11) is 0. The second kappa shape index (κ2) is 17.5. The molecule has 0 saturated carbocycles. The Morgan fingerprint density at radius 3 is 2.21 bits per heavy atom. The summed E-state index contributed by atoms with van der Waals surface area (Å²) in [5.74, 6) is -0.121. The minimum absolute atomic E-state index is 0. The van der Waals surface area contributed by atoms with E-state index in [0.717, 1.165) is 64.9 Å². The van der Waals surface area contributed by atoms with E-state index in [4.69, 9.17) is 9.47 Å². The number of esters is 1. The molecule has 1 N–H and O–H groups in total. The van der Waals surface area contributed by atoms with Crippen molar-refractivity contribution in [2.75, 3.05) is 13.2 Å². The number of halogens is 6. The maximum absolute atomic E-state index is 14.2. The van der Waals surface area contributed by atoms with E-state index in [0.29, 0.717) is 50.5 Å². The Kier molecular flexibility index (Phi) is 14.1. The van der Waals surface area contributed by atoms with E-state index >= 15 is 0 Å². The Labute approximate surface area is 284 Å². The number of aromatic nitrogens is 1. The first kappa shape index (κ1) is 37.8. The van der Waals surface area contributed by atoms with Crippen molar-refractivity contribution in [3.63, 3.8) is 0 Å². The van der Waals surface area contributed by atoms with Crippen molar-refractivity contribution in [1.82, 2.24) is 10.3 Å². The van der Waals surface area contributed by atoms with Gasteiger partial charge >= 0.3 is 12.1 Å². The molecule has 3 aromatic carbocycles. The van der Waals surface area contributed by atoms with Crippen LogP contribution in [0.25, 0.3) is 0 Å². The van der Waals surface area contributed by atoms with Gasteiger partial charge in [-0.05, 0) is 116 Å². The Bertz CT molecular complexity index is 1600. The van der Waals surface area contributed by atoms with Gasteiger partial charge in [0.05, 0.1) is 12.2 Å². The number of rotatable bonds is 12. The van der Waals surface area contributed by atoms with Crippen LogP contribution >= 0.6 is 24.8 Å². The van der Waals surface area contributed by atoms with E-state index in [1.807, 2.05) is 30.3 Å². The Morgan fingerprint density at radius 1 is 0.894 bits per heavy atom. The van der Waals surface area contributed by atoms with Crippen molar-refractivity contribution in [3.8, 4) is 5.75 Å². The number of carbonyl (C=O) groups excluding carboxylic acids is 1. The topological polar surface area (TPSA) is 60.5 Å². The van der Waals surface area contributed by atoms with Crippen LogP contribution in [0.15, 0.2) is 78.9 Å². The number of alkyl halides is 3. The maximum atomic E-state index is 14.2. The molecule has 1 heterocycles. The molecule has 1 atom stereocenters. The number of fused-ring (bicyclic) bond motifs is 1. The molecular weight excluding hydrogens is 655 g/mol. The molecule has 0 spiro atoms. The molecule has 11 heteroatoms. The number of carbonyl (C=O) groups is 1. The van der Waals surface area contributed by atoms with Crippen molar-refractivity contribution in [2.24, 2.45) is 0 Å². The van der Waals surface area contributed by atoms with Gasteiger partial charge in [-0.2, -0.15) is 13.2 Å². The first-order valence-electron chi connectivity index (χ1n) is 15.2. The lowest BCUT2D eigenvalue weighted by atomic mass is 9.91. The van der Waals surface area contributed by atoms with Crippen molar-refractivity contribution >= 4 is 30.8 Å². The van der Waals surface area contributed by atoms with E-state index in [-0.39, 0.29) is 36.7 Å². The van der Waals surface area contributed by atoms with Crippen molar-refractivity contribution in [2.45, 2.75) is 64.3 Å². The second-order valence-electron chi connectivity index (χ2n) is 11.2. The van der Waals surface area contributed by atoms with Crippen molar-refractivity contribution in [1.29, 1.82) is 0 Å². The van der Waals surface area contributed by atoms with Gasteiger partial charge < -0.3 is 14.8 Å². The van der Waals surface area contributed by atoms with Crippen LogP contribution in [0, 0.1) is 5.82 Å². The number of hydrogen-bond acceptors (Lipinski definition) is 5. The second-order valence-corrected chi connectivity index (χ2v) is 11.2. The smallest absolute Gasteiger partial charge is 0.416 e. The quantitative estimate of drug-likeness (QED) is 0.119. The summed E-state index contributed by atoms with van der Waals surface area (Å²) in [6.45, 7) is 2.99. The molecule has 0 aliphatic heterocycles. The van der Waals surface area contributed by atoms with E-state index < -0.39 is 17.7 Å². The highest BCUT2D eigenvalue weighted by Gasteiger charge is 2.30. The highest BCUT2D eigenvalue weighted by atomic mass is 35.5. The minimum Gasteiger partial charge on any atom is -0.489 e. The fourth-order valence-corrected chi connectivity index (χ4v) is 5.57. The van der Waals surface area contributed by atoms with Crippen LogP contribution in [-0.4, -0.2) is 24.1 Å². The lowest BCUT2D eigenvalue weighted by molar-refractivity contribution is -0.137. The predicted octanol–water partition coefficient (Wildman–Crippen LogP) is 8.83. The first-order chi connectivity index (χ1) is 21.7. The summed E-state index contributed by atoms with van der Waals surface area (Å²) < 4.78 is 63.7. The van der Waals surface area contributed by atoms with Crippen LogP contribution in [0.5, 0.6) is 5.75 Å². The molecule has 0 saturated heterocycles. The van der Waals surface area contributed by atoms with Crippen LogP contribution in [0.3, 0.4) is 0 Å². The summed E-state index contributed by atoms with van der Waals surface area (Å²) in [5, 5.41) is 3.58. The molecule has 0 radical (unpaired) electrons. The molecule has 4 aromatic rings. The SMILES string of the molecule is CCOC(=O)c1ccc2c(n1)CCCC2NCCc1cc(F)ccc1OCc1ccc(CCc2ccc(C(F)(F)F)cc2)cc1.Cl.Cl. The normalized spacial score (nSPS) is 13.9. The lowest BCUT2D eigenvalue weighted by Gasteiger charge is -2.26. The Hall–Kier alpha value is -3.66. The van der Waals surface area contributed by atoms with Gasteiger partial charge in [0, 0.05) is 11.7 Å². The molecule has 47 heavy (non-hydrogen) atoms. The fourth-order valence-electron chi connectivity index (χ4n) is 5.57. The largest absolute Gasteiger partial charge is 0.489 e. The molecule has 5 rings (SSSR count). The zero-order chi connectivity index (χ0) is 31.8. The summed E-state index contributed by atoms with van der Waals surface area (Å²) >= 11 is 0. The van der Waals surface area contributed by atoms with Crippen LogP contribution < -0.4 is 10.1 Å². The van der Waals surface area contributed by atoms with Gasteiger partial charge in [-0.1, -0.05) is 42.5 Å². The van der Waals surface area contributed by atoms with Gasteiger partial charge in [0.15, 0.2) is 0 Å².